The Kier molecular flexibility index (Phi) is 2.49. The van der Waals surface area contributed by atoms with Gasteiger partial charge in [-0.3, -0.25) is 0 Å². The van der Waals surface area contributed by atoms with Crippen molar-refractivity contribution in [2.24, 2.45) is 0 Å². The van der Waals surface area contributed by atoms with Gasteiger partial charge in [0, 0.05) is 5.56 Å². The predicted octanol–water partition coefficient (Wildman–Crippen LogP) is 2.78. The zero-order valence-corrected chi connectivity index (χ0v) is 9.79. The molecule has 0 aromatic heterocycles. The van der Waals surface area contributed by atoms with Gasteiger partial charge in [0.2, 0.25) is 0 Å². The van der Waals surface area contributed by atoms with Crippen LogP contribution in [0.3, 0.4) is 0 Å². The summed E-state index contributed by atoms with van der Waals surface area (Å²) in [6.45, 7) is 3.63. The van der Waals surface area contributed by atoms with E-state index >= 15 is 0 Å². The Morgan fingerprint density at radius 3 is 2.56 bits per heavy atom. The van der Waals surface area contributed by atoms with Crippen LogP contribution in [0.2, 0.25) is 0 Å². The Morgan fingerprint density at radius 2 is 1.75 bits per heavy atom. The van der Waals surface area contributed by atoms with Crippen molar-refractivity contribution in [2.75, 3.05) is 13.2 Å². The van der Waals surface area contributed by atoms with Crippen molar-refractivity contribution >= 4 is 0 Å². The Hall–Kier alpha value is -0.860. The molecule has 0 amide bonds. The van der Waals surface area contributed by atoms with Gasteiger partial charge in [-0.1, -0.05) is 18.2 Å². The highest BCUT2D eigenvalue weighted by Gasteiger charge is 2.31. The van der Waals surface area contributed by atoms with E-state index in [-0.39, 0.29) is 0 Å². The normalized spacial score (nSPS) is 23.1. The number of hydrogen-bond donors (Lipinski definition) is 0. The molecule has 2 aliphatic rings. The molecule has 0 bridgehead atoms. The van der Waals surface area contributed by atoms with Crippen molar-refractivity contribution in [1.29, 1.82) is 0 Å². The smallest absolute Gasteiger partial charge is 0.191 e. The molecule has 0 radical (unpaired) electrons. The van der Waals surface area contributed by atoms with Gasteiger partial charge >= 0.3 is 0 Å². The lowest BCUT2D eigenvalue weighted by Crippen LogP contribution is -2.35. The van der Waals surface area contributed by atoms with Crippen LogP contribution in [0.5, 0.6) is 0 Å². The Balaban J connectivity index is 1.93. The molecule has 1 heterocycles. The minimum absolute atomic E-state index is 0.518. The van der Waals surface area contributed by atoms with E-state index in [9.17, 15) is 0 Å². The molecule has 16 heavy (non-hydrogen) atoms. The summed E-state index contributed by atoms with van der Waals surface area (Å²) in [5.41, 5.74) is 4.16. The second-order valence-corrected chi connectivity index (χ2v) is 4.83. The Bertz CT molecular complexity index is 392. The van der Waals surface area contributed by atoms with Gasteiger partial charge in [0.1, 0.15) is 0 Å². The number of benzene rings is 1. The van der Waals surface area contributed by atoms with Crippen LogP contribution in [0.4, 0.5) is 0 Å². The van der Waals surface area contributed by atoms with E-state index in [1.807, 2.05) is 6.92 Å². The van der Waals surface area contributed by atoms with Gasteiger partial charge in [0.05, 0.1) is 13.2 Å². The first-order valence-electron chi connectivity index (χ1n) is 6.18. The summed E-state index contributed by atoms with van der Waals surface area (Å²) in [5.74, 6) is -0.518. The molecule has 3 rings (SSSR count). The van der Waals surface area contributed by atoms with Crippen molar-refractivity contribution < 1.29 is 9.47 Å². The summed E-state index contributed by atoms with van der Waals surface area (Å²) in [6.07, 6.45) is 4.73. The second-order valence-electron chi connectivity index (χ2n) is 4.83. The van der Waals surface area contributed by atoms with E-state index in [4.69, 9.17) is 9.47 Å². The van der Waals surface area contributed by atoms with Gasteiger partial charge in [0.25, 0.3) is 0 Å². The lowest BCUT2D eigenvalue weighted by molar-refractivity contribution is -0.264. The van der Waals surface area contributed by atoms with Crippen molar-refractivity contribution in [3.63, 3.8) is 0 Å². The monoisotopic (exact) mass is 218 g/mol. The van der Waals surface area contributed by atoms with E-state index in [2.05, 4.69) is 18.2 Å². The maximum absolute atomic E-state index is 5.79. The van der Waals surface area contributed by atoms with Crippen LogP contribution in [-0.2, 0) is 28.1 Å². The third kappa shape index (κ3) is 1.66. The van der Waals surface area contributed by atoms with Crippen LogP contribution in [-0.4, -0.2) is 13.2 Å². The van der Waals surface area contributed by atoms with Gasteiger partial charge in [-0.25, -0.2) is 0 Å². The first-order valence-corrected chi connectivity index (χ1v) is 6.18. The first-order chi connectivity index (χ1) is 7.78. The highest BCUT2D eigenvalue weighted by molar-refractivity contribution is 5.37. The predicted molar refractivity (Wildman–Crippen MR) is 62.3 cm³/mol. The van der Waals surface area contributed by atoms with Gasteiger partial charge in [0.15, 0.2) is 5.79 Å². The fourth-order valence-electron chi connectivity index (χ4n) is 2.66. The summed E-state index contributed by atoms with van der Waals surface area (Å²) in [5, 5.41) is 0. The maximum Gasteiger partial charge on any atom is 0.191 e. The zero-order chi connectivity index (χ0) is 11.0. The number of fused-ring (bicyclic) bond motifs is 1. The van der Waals surface area contributed by atoms with Gasteiger partial charge in [-0.15, -0.1) is 0 Å². The van der Waals surface area contributed by atoms with E-state index in [0.717, 1.165) is 19.6 Å². The first kappa shape index (κ1) is 10.3. The molecule has 1 aromatic rings. The van der Waals surface area contributed by atoms with Gasteiger partial charge < -0.3 is 9.47 Å². The SMILES string of the molecule is CC1(c2ccc3c(c2)CCC3)OCCCO1. The summed E-state index contributed by atoms with van der Waals surface area (Å²) in [4.78, 5) is 0. The Morgan fingerprint density at radius 1 is 1.00 bits per heavy atom. The average molecular weight is 218 g/mol. The standard InChI is InChI=1S/C14H18O2/c1-14(15-8-3-9-16-14)13-7-6-11-4-2-5-12(11)10-13/h6-7,10H,2-5,8-9H2,1H3. The lowest BCUT2D eigenvalue weighted by Gasteiger charge is -2.34. The minimum Gasteiger partial charge on any atom is -0.346 e. The van der Waals surface area contributed by atoms with Crippen LogP contribution >= 0.6 is 0 Å². The van der Waals surface area contributed by atoms with Gasteiger partial charge in [-0.05, 0) is 43.7 Å². The third-order valence-corrected chi connectivity index (χ3v) is 3.67. The topological polar surface area (TPSA) is 18.5 Å². The molecule has 0 N–H and O–H groups in total. The molecule has 0 saturated carbocycles. The average Bonchev–Trinajstić information content (AvgIpc) is 2.77. The van der Waals surface area contributed by atoms with Crippen LogP contribution in [0, 0.1) is 0 Å². The fraction of sp³-hybridized carbons (Fsp3) is 0.571. The second kappa shape index (κ2) is 3.86. The van der Waals surface area contributed by atoms with Crippen LogP contribution in [0.15, 0.2) is 18.2 Å². The Labute approximate surface area is 96.6 Å². The summed E-state index contributed by atoms with van der Waals surface area (Å²) in [7, 11) is 0. The lowest BCUT2D eigenvalue weighted by atomic mass is 10.0. The minimum atomic E-state index is -0.518. The quantitative estimate of drug-likeness (QED) is 0.721. The fourth-order valence-corrected chi connectivity index (χ4v) is 2.66. The van der Waals surface area contributed by atoms with Crippen LogP contribution in [0.25, 0.3) is 0 Å². The molecule has 2 heteroatoms. The van der Waals surface area contributed by atoms with Gasteiger partial charge in [-0.2, -0.15) is 0 Å². The number of hydrogen-bond acceptors (Lipinski definition) is 2. The molecule has 0 spiro atoms. The van der Waals surface area contributed by atoms with Crippen molar-refractivity contribution in [3.05, 3.63) is 34.9 Å². The summed E-state index contributed by atoms with van der Waals surface area (Å²) < 4.78 is 11.6. The molecule has 86 valence electrons. The maximum atomic E-state index is 5.79. The molecular formula is C14H18O2. The highest BCUT2D eigenvalue weighted by atomic mass is 16.7. The van der Waals surface area contributed by atoms with Crippen LogP contribution < -0.4 is 0 Å². The van der Waals surface area contributed by atoms with Crippen LogP contribution in [0.1, 0.15) is 36.5 Å². The zero-order valence-electron chi connectivity index (χ0n) is 9.79. The molecule has 0 unspecified atom stereocenters. The highest BCUT2D eigenvalue weighted by Crippen LogP contribution is 2.33. The van der Waals surface area contributed by atoms with E-state index < -0.39 is 5.79 Å². The largest absolute Gasteiger partial charge is 0.346 e. The molecule has 0 atom stereocenters. The molecule has 1 saturated heterocycles. The summed E-state index contributed by atoms with van der Waals surface area (Å²) in [6, 6.07) is 6.67. The number of rotatable bonds is 1. The van der Waals surface area contributed by atoms with E-state index in [0.29, 0.717) is 0 Å². The number of aryl methyl sites for hydroxylation is 2. The third-order valence-electron chi connectivity index (χ3n) is 3.67. The molecule has 1 aliphatic heterocycles. The van der Waals surface area contributed by atoms with Crippen molar-refractivity contribution in [2.45, 2.75) is 38.4 Å². The van der Waals surface area contributed by atoms with E-state index in [1.165, 1.54) is 36.0 Å². The molecule has 1 fully saturated rings. The molecular weight excluding hydrogens is 200 g/mol. The number of ether oxygens (including phenoxy) is 2. The molecule has 1 aromatic carbocycles. The van der Waals surface area contributed by atoms with E-state index in [1.54, 1.807) is 0 Å². The molecule has 1 aliphatic carbocycles. The van der Waals surface area contributed by atoms with Crippen molar-refractivity contribution in [3.8, 4) is 0 Å². The van der Waals surface area contributed by atoms with Crippen molar-refractivity contribution in [1.82, 2.24) is 0 Å². The molecule has 2 nitrogen and oxygen atoms in total. The summed E-state index contributed by atoms with van der Waals surface area (Å²) >= 11 is 0.